The smallest absolute Gasteiger partial charge is 0.342 e. The van der Waals surface area contributed by atoms with Gasteiger partial charge < -0.3 is 14.3 Å². The largest absolute Gasteiger partial charge is 0.508 e. The number of nitrogens with zero attached hydrogens (tertiary/aromatic N) is 1. The highest BCUT2D eigenvalue weighted by Gasteiger charge is 2.30. The molecular formula is C25H30ClNO4. The van der Waals surface area contributed by atoms with Gasteiger partial charge in [0.1, 0.15) is 22.7 Å². The lowest BCUT2D eigenvalue weighted by Gasteiger charge is -2.39. The van der Waals surface area contributed by atoms with E-state index in [9.17, 15) is 9.90 Å². The fraction of sp³-hybridized carbons (Fsp3) is 0.400. The molecule has 166 valence electrons. The number of ether oxygens (including phenoxy) is 1. The Bertz CT molecular complexity index is 1040. The van der Waals surface area contributed by atoms with Crippen molar-refractivity contribution in [2.75, 3.05) is 6.61 Å². The first-order valence-corrected chi connectivity index (χ1v) is 10.8. The van der Waals surface area contributed by atoms with Crippen molar-refractivity contribution in [3.05, 3.63) is 53.6 Å². The van der Waals surface area contributed by atoms with Crippen LogP contribution in [-0.2, 0) is 11.3 Å². The predicted molar refractivity (Wildman–Crippen MR) is 125 cm³/mol. The highest BCUT2D eigenvalue weighted by molar-refractivity contribution is 6.10. The van der Waals surface area contributed by atoms with Crippen LogP contribution in [0.25, 0.3) is 22.3 Å². The van der Waals surface area contributed by atoms with Gasteiger partial charge >= 0.3 is 5.97 Å². The number of hydrogen-bond donors (Lipinski definition) is 1. The number of hydrogen-bond acceptors (Lipinski definition) is 5. The summed E-state index contributed by atoms with van der Waals surface area (Å²) in [4.78, 5) is 15.4. The summed E-state index contributed by atoms with van der Waals surface area (Å²) in [5.41, 5.74) is 2.51. The lowest BCUT2D eigenvalue weighted by Crippen LogP contribution is -2.43. The van der Waals surface area contributed by atoms with Gasteiger partial charge in [0.2, 0.25) is 0 Å². The van der Waals surface area contributed by atoms with Crippen LogP contribution in [0.2, 0.25) is 0 Å². The van der Waals surface area contributed by atoms with E-state index in [-0.39, 0.29) is 24.8 Å². The Hall–Kier alpha value is -2.50. The van der Waals surface area contributed by atoms with Gasteiger partial charge in [-0.2, -0.15) is 0 Å². The van der Waals surface area contributed by atoms with Gasteiger partial charge in [0.15, 0.2) is 0 Å². The zero-order valence-electron chi connectivity index (χ0n) is 18.3. The molecule has 3 aromatic rings. The molecule has 0 amide bonds. The summed E-state index contributed by atoms with van der Waals surface area (Å²) in [7, 11) is 0. The van der Waals surface area contributed by atoms with Crippen molar-refractivity contribution in [1.82, 2.24) is 4.90 Å². The van der Waals surface area contributed by atoms with Crippen molar-refractivity contribution in [1.29, 1.82) is 0 Å². The Morgan fingerprint density at radius 1 is 1.13 bits per heavy atom. The van der Waals surface area contributed by atoms with Crippen LogP contribution in [-0.4, -0.2) is 34.7 Å². The third kappa shape index (κ3) is 4.43. The molecule has 0 spiro atoms. The quantitative estimate of drug-likeness (QED) is 0.478. The molecule has 1 fully saturated rings. The summed E-state index contributed by atoms with van der Waals surface area (Å²) in [6.45, 7) is 7.07. The Kier molecular flexibility index (Phi) is 7.29. The fourth-order valence-corrected chi connectivity index (χ4v) is 4.57. The minimum absolute atomic E-state index is 0. The van der Waals surface area contributed by atoms with Crippen LogP contribution in [0.1, 0.15) is 56.0 Å². The zero-order chi connectivity index (χ0) is 21.3. The number of phenolic OH excluding ortho intramolecular Hbond substituents is 1. The van der Waals surface area contributed by atoms with Gasteiger partial charge in [0, 0.05) is 35.1 Å². The molecule has 0 aliphatic carbocycles. The molecular weight excluding hydrogens is 414 g/mol. The van der Waals surface area contributed by atoms with Crippen molar-refractivity contribution in [2.45, 2.75) is 58.7 Å². The van der Waals surface area contributed by atoms with E-state index in [2.05, 4.69) is 18.7 Å². The molecule has 1 aromatic heterocycles. The average Bonchev–Trinajstić information content (AvgIpc) is 3.13. The van der Waals surface area contributed by atoms with E-state index in [0.717, 1.165) is 24.0 Å². The second-order valence-corrected chi connectivity index (χ2v) is 8.13. The van der Waals surface area contributed by atoms with Crippen molar-refractivity contribution in [2.24, 2.45) is 0 Å². The van der Waals surface area contributed by atoms with Gasteiger partial charge in [-0.05, 0) is 45.7 Å². The highest BCUT2D eigenvalue weighted by atomic mass is 35.5. The normalized spacial score (nSPS) is 19.2. The molecule has 2 heterocycles. The first kappa shape index (κ1) is 23.2. The molecule has 1 aliphatic heterocycles. The van der Waals surface area contributed by atoms with Crippen molar-refractivity contribution >= 4 is 29.3 Å². The number of furan rings is 1. The molecule has 0 radical (unpaired) electrons. The van der Waals surface area contributed by atoms with Crippen molar-refractivity contribution < 1.29 is 19.1 Å². The van der Waals surface area contributed by atoms with E-state index in [1.807, 2.05) is 30.3 Å². The molecule has 1 N–H and O–H groups in total. The molecule has 2 aromatic carbocycles. The van der Waals surface area contributed by atoms with E-state index < -0.39 is 5.97 Å². The number of fused-ring (bicyclic) bond motifs is 1. The number of benzene rings is 2. The minimum Gasteiger partial charge on any atom is -0.508 e. The Morgan fingerprint density at radius 2 is 1.81 bits per heavy atom. The molecule has 0 unspecified atom stereocenters. The van der Waals surface area contributed by atoms with Gasteiger partial charge in [0.25, 0.3) is 0 Å². The third-order valence-electron chi connectivity index (χ3n) is 6.17. The van der Waals surface area contributed by atoms with E-state index in [1.165, 1.54) is 6.42 Å². The molecule has 1 aliphatic rings. The summed E-state index contributed by atoms with van der Waals surface area (Å²) in [6.07, 6.45) is 3.48. The maximum Gasteiger partial charge on any atom is 0.342 e. The maximum atomic E-state index is 13.0. The summed E-state index contributed by atoms with van der Waals surface area (Å²) in [5, 5.41) is 11.5. The number of rotatable bonds is 5. The van der Waals surface area contributed by atoms with Crippen LogP contribution in [0.4, 0.5) is 0 Å². The van der Waals surface area contributed by atoms with Crippen LogP contribution in [0.3, 0.4) is 0 Å². The van der Waals surface area contributed by atoms with Crippen LogP contribution in [0.15, 0.2) is 46.9 Å². The summed E-state index contributed by atoms with van der Waals surface area (Å²) >= 11 is 0. The van der Waals surface area contributed by atoms with Gasteiger partial charge in [0.05, 0.1) is 6.61 Å². The van der Waals surface area contributed by atoms with Gasteiger partial charge in [-0.25, -0.2) is 4.79 Å². The fourth-order valence-electron chi connectivity index (χ4n) is 4.57. The monoisotopic (exact) mass is 443 g/mol. The average molecular weight is 444 g/mol. The van der Waals surface area contributed by atoms with Crippen molar-refractivity contribution in [3.63, 3.8) is 0 Å². The highest BCUT2D eigenvalue weighted by Crippen LogP contribution is 2.40. The van der Waals surface area contributed by atoms with Crippen molar-refractivity contribution in [3.8, 4) is 17.1 Å². The number of halogens is 1. The van der Waals surface area contributed by atoms with Crippen LogP contribution >= 0.6 is 12.4 Å². The Labute approximate surface area is 189 Å². The first-order valence-electron chi connectivity index (χ1n) is 10.8. The van der Waals surface area contributed by atoms with E-state index >= 15 is 0 Å². The number of aromatic hydroxyl groups is 1. The van der Waals surface area contributed by atoms with Gasteiger partial charge in [-0.15, -0.1) is 12.4 Å². The lowest BCUT2D eigenvalue weighted by molar-refractivity contribution is 0.0528. The topological polar surface area (TPSA) is 62.9 Å². The van der Waals surface area contributed by atoms with Gasteiger partial charge in [-0.1, -0.05) is 36.8 Å². The SMILES string of the molecule is CCOC(=O)c1c(-c2ccccc2)oc2ccc(O)c(CN3[C@H](C)CCC[C@@H]3C)c12.Cl. The summed E-state index contributed by atoms with van der Waals surface area (Å²) in [6, 6.07) is 13.8. The molecule has 31 heavy (non-hydrogen) atoms. The lowest BCUT2D eigenvalue weighted by atomic mass is 9.95. The maximum absolute atomic E-state index is 13.0. The number of piperidine rings is 1. The van der Waals surface area contributed by atoms with E-state index in [1.54, 1.807) is 19.1 Å². The second-order valence-electron chi connectivity index (χ2n) is 8.13. The molecule has 2 atom stereocenters. The number of esters is 1. The van der Waals surface area contributed by atoms with E-state index in [0.29, 0.717) is 40.9 Å². The molecule has 5 nitrogen and oxygen atoms in total. The van der Waals surface area contributed by atoms with Crippen LogP contribution in [0.5, 0.6) is 5.75 Å². The van der Waals surface area contributed by atoms with Crippen LogP contribution in [0, 0.1) is 0 Å². The molecule has 6 heteroatoms. The number of carbonyl (C=O) groups excluding carboxylic acids is 1. The van der Waals surface area contributed by atoms with E-state index in [4.69, 9.17) is 9.15 Å². The molecule has 0 bridgehead atoms. The summed E-state index contributed by atoms with van der Waals surface area (Å²) in [5.74, 6) is 0.232. The second kappa shape index (κ2) is 9.75. The van der Waals surface area contributed by atoms with Gasteiger partial charge in [-0.3, -0.25) is 4.90 Å². The van der Waals surface area contributed by atoms with Crippen LogP contribution < -0.4 is 0 Å². The first-order chi connectivity index (χ1) is 14.5. The zero-order valence-corrected chi connectivity index (χ0v) is 19.1. The minimum atomic E-state index is -0.429. The number of phenols is 1. The molecule has 4 rings (SSSR count). The number of likely N-dealkylation sites (tertiary alicyclic amines) is 1. The summed E-state index contributed by atoms with van der Waals surface area (Å²) < 4.78 is 11.6. The Morgan fingerprint density at radius 3 is 2.45 bits per heavy atom. The number of carbonyl (C=O) groups is 1. The molecule has 0 saturated carbocycles. The predicted octanol–water partition coefficient (Wildman–Crippen LogP) is 6.17. The molecule has 1 saturated heterocycles. The Balaban J connectivity index is 0.00000272. The third-order valence-corrected chi connectivity index (χ3v) is 6.17. The standard InChI is InChI=1S/C25H29NO4.ClH/c1-4-29-25(28)23-22-19(15-26-16(2)9-8-10-17(26)3)20(27)13-14-21(22)30-24(23)18-11-6-5-7-12-18;/h5-7,11-14,16-17,27H,4,8-10,15H2,1-3H3;1H/t16-,17+;.